The molecule has 31 heavy (non-hydrogen) atoms. The van der Waals surface area contributed by atoms with Crippen LogP contribution in [0.5, 0.6) is 11.5 Å². The maximum Gasteiger partial charge on any atom is 0.411 e. The highest BCUT2D eigenvalue weighted by Crippen LogP contribution is 2.32. The summed E-state index contributed by atoms with van der Waals surface area (Å²) in [5, 5.41) is 5.55. The van der Waals surface area contributed by atoms with Crippen molar-refractivity contribution in [3.63, 3.8) is 0 Å². The minimum Gasteiger partial charge on any atom is -0.454 e. The monoisotopic (exact) mass is 426 g/mol. The molecule has 2 amide bonds. The number of carbonyl (C=O) groups is 2. The number of nitrogens with one attached hydrogen (secondary N) is 2. The minimum atomic E-state index is -0.591. The summed E-state index contributed by atoms with van der Waals surface area (Å²) >= 11 is 0. The average Bonchev–Trinajstić information content (AvgIpc) is 3.22. The summed E-state index contributed by atoms with van der Waals surface area (Å²) in [5.41, 5.74) is 1.29. The van der Waals surface area contributed by atoms with Gasteiger partial charge in [-0.25, -0.2) is 9.18 Å². The summed E-state index contributed by atoms with van der Waals surface area (Å²) in [6.07, 6.45) is 5.24. The van der Waals surface area contributed by atoms with Crippen LogP contribution in [-0.2, 0) is 9.53 Å². The van der Waals surface area contributed by atoms with Crippen molar-refractivity contribution in [2.24, 2.45) is 0 Å². The predicted molar refractivity (Wildman–Crippen MR) is 112 cm³/mol. The Hall–Kier alpha value is -3.55. The van der Waals surface area contributed by atoms with Gasteiger partial charge in [0.2, 0.25) is 12.7 Å². The first-order chi connectivity index (χ1) is 15.0. The van der Waals surface area contributed by atoms with Crippen LogP contribution in [0, 0.1) is 5.82 Å². The zero-order valence-corrected chi connectivity index (χ0v) is 16.8. The van der Waals surface area contributed by atoms with Crippen LogP contribution < -0.4 is 20.1 Å². The van der Waals surface area contributed by atoms with E-state index in [2.05, 4.69) is 10.6 Å². The normalized spacial score (nSPS) is 19.8. The van der Waals surface area contributed by atoms with E-state index in [4.69, 9.17) is 14.2 Å². The van der Waals surface area contributed by atoms with Crippen LogP contribution in [0.1, 0.15) is 31.2 Å². The lowest BCUT2D eigenvalue weighted by Crippen LogP contribution is -2.40. The lowest BCUT2D eigenvalue weighted by atomic mass is 9.93. The molecule has 0 radical (unpaired) electrons. The molecule has 2 aromatic rings. The lowest BCUT2D eigenvalue weighted by molar-refractivity contribution is -0.117. The number of fused-ring (bicyclic) bond motifs is 1. The van der Waals surface area contributed by atoms with E-state index in [0.717, 1.165) is 24.8 Å². The number of anilines is 1. The van der Waals surface area contributed by atoms with E-state index in [0.29, 0.717) is 23.6 Å². The van der Waals surface area contributed by atoms with Gasteiger partial charge in [-0.3, -0.25) is 10.1 Å². The number of carbonyl (C=O) groups excluding carboxylic acids is 2. The Morgan fingerprint density at radius 3 is 2.71 bits per heavy atom. The Morgan fingerprint density at radius 1 is 1.06 bits per heavy atom. The van der Waals surface area contributed by atoms with Crippen LogP contribution >= 0.6 is 0 Å². The van der Waals surface area contributed by atoms with Crippen molar-refractivity contribution >= 4 is 23.8 Å². The van der Waals surface area contributed by atoms with E-state index in [1.165, 1.54) is 30.3 Å². The van der Waals surface area contributed by atoms with E-state index >= 15 is 0 Å². The number of hydrogen-bond donors (Lipinski definition) is 2. The van der Waals surface area contributed by atoms with Gasteiger partial charge in [-0.2, -0.15) is 0 Å². The lowest BCUT2D eigenvalue weighted by Gasteiger charge is -2.29. The minimum absolute atomic E-state index is 0.0775. The van der Waals surface area contributed by atoms with Crippen molar-refractivity contribution in [2.45, 2.75) is 37.8 Å². The standard InChI is InChI=1S/C23H23FN2O5/c24-16-6-8-17(9-7-16)26-23(28)31-19-3-1-2-18(13-19)25-22(27)11-5-15-4-10-20-21(12-15)30-14-29-20/h4-12,18-19H,1-3,13-14H2,(H,25,27)(H,26,28)/b11-5+/t18-,19+/m1/s1. The molecule has 1 fully saturated rings. The second-order valence-electron chi connectivity index (χ2n) is 7.48. The Kier molecular flexibility index (Phi) is 6.35. The number of rotatable bonds is 5. The molecule has 0 bridgehead atoms. The Bertz CT molecular complexity index is 976. The quantitative estimate of drug-likeness (QED) is 0.699. The van der Waals surface area contributed by atoms with Crippen LogP contribution in [0.3, 0.4) is 0 Å². The molecule has 1 heterocycles. The summed E-state index contributed by atoms with van der Waals surface area (Å²) in [5.74, 6) is 0.767. The molecule has 7 nitrogen and oxygen atoms in total. The highest BCUT2D eigenvalue weighted by Gasteiger charge is 2.25. The number of halogens is 1. The smallest absolute Gasteiger partial charge is 0.411 e. The highest BCUT2D eigenvalue weighted by atomic mass is 19.1. The molecule has 4 rings (SSSR count). The topological polar surface area (TPSA) is 85.9 Å². The van der Waals surface area contributed by atoms with Gasteiger partial charge < -0.3 is 19.5 Å². The molecule has 8 heteroatoms. The van der Waals surface area contributed by atoms with Crippen molar-refractivity contribution in [2.75, 3.05) is 12.1 Å². The third-order valence-electron chi connectivity index (χ3n) is 5.16. The third kappa shape index (κ3) is 5.75. The molecule has 1 aliphatic heterocycles. The van der Waals surface area contributed by atoms with Crippen LogP contribution in [0.15, 0.2) is 48.5 Å². The third-order valence-corrected chi connectivity index (χ3v) is 5.16. The Balaban J connectivity index is 1.24. The number of ether oxygens (including phenoxy) is 3. The SMILES string of the molecule is O=C(/C=C/c1ccc2c(c1)OCO2)N[C@@H]1CCC[C@H](OC(=O)Nc2ccc(F)cc2)C1. The van der Waals surface area contributed by atoms with Gasteiger partial charge in [0, 0.05) is 24.2 Å². The number of benzene rings is 2. The summed E-state index contributed by atoms with van der Waals surface area (Å²) < 4.78 is 29.0. The maximum absolute atomic E-state index is 13.0. The summed E-state index contributed by atoms with van der Waals surface area (Å²) in [6, 6.07) is 10.8. The van der Waals surface area contributed by atoms with Crippen LogP contribution in [0.2, 0.25) is 0 Å². The maximum atomic E-state index is 13.0. The first-order valence-electron chi connectivity index (χ1n) is 10.2. The Morgan fingerprint density at radius 2 is 1.87 bits per heavy atom. The van der Waals surface area contributed by atoms with Crippen molar-refractivity contribution in [1.29, 1.82) is 0 Å². The predicted octanol–water partition coefficient (Wildman–Crippen LogP) is 4.24. The van der Waals surface area contributed by atoms with Crippen molar-refractivity contribution in [3.8, 4) is 11.5 Å². The fraction of sp³-hybridized carbons (Fsp3) is 0.304. The molecule has 0 unspecified atom stereocenters. The van der Waals surface area contributed by atoms with Crippen LogP contribution in [-0.4, -0.2) is 30.9 Å². The van der Waals surface area contributed by atoms with E-state index in [1.807, 2.05) is 12.1 Å². The number of amides is 2. The largest absolute Gasteiger partial charge is 0.454 e. The molecule has 1 aliphatic carbocycles. The molecule has 2 atom stereocenters. The van der Waals surface area contributed by atoms with Gasteiger partial charge in [-0.05, 0) is 67.3 Å². The molecular formula is C23H23FN2O5. The van der Waals surface area contributed by atoms with Crippen molar-refractivity contribution < 1.29 is 28.2 Å². The summed E-state index contributed by atoms with van der Waals surface area (Å²) in [6.45, 7) is 0.204. The van der Waals surface area contributed by atoms with Crippen molar-refractivity contribution in [3.05, 3.63) is 59.9 Å². The summed E-state index contributed by atoms with van der Waals surface area (Å²) in [4.78, 5) is 24.4. The molecule has 2 aromatic carbocycles. The molecule has 0 saturated heterocycles. The van der Waals surface area contributed by atoms with Crippen LogP contribution in [0.4, 0.5) is 14.9 Å². The van der Waals surface area contributed by atoms with Gasteiger partial charge in [-0.1, -0.05) is 6.07 Å². The van der Waals surface area contributed by atoms with Gasteiger partial charge in [0.15, 0.2) is 11.5 Å². The molecular weight excluding hydrogens is 403 g/mol. The van der Waals surface area contributed by atoms with Gasteiger partial charge in [0.05, 0.1) is 0 Å². The zero-order chi connectivity index (χ0) is 21.6. The molecule has 0 spiro atoms. The fourth-order valence-corrected chi connectivity index (χ4v) is 3.65. The van der Waals surface area contributed by atoms with E-state index in [-0.39, 0.29) is 30.7 Å². The zero-order valence-electron chi connectivity index (χ0n) is 16.8. The fourth-order valence-electron chi connectivity index (χ4n) is 3.65. The van der Waals surface area contributed by atoms with Gasteiger partial charge in [0.1, 0.15) is 11.9 Å². The molecule has 0 aromatic heterocycles. The van der Waals surface area contributed by atoms with E-state index in [9.17, 15) is 14.0 Å². The first kappa shape index (κ1) is 20.7. The molecule has 2 aliphatic rings. The van der Waals surface area contributed by atoms with E-state index in [1.54, 1.807) is 12.1 Å². The molecule has 2 N–H and O–H groups in total. The second-order valence-corrected chi connectivity index (χ2v) is 7.48. The average molecular weight is 426 g/mol. The Labute approximate surface area is 179 Å². The van der Waals surface area contributed by atoms with Crippen molar-refractivity contribution in [1.82, 2.24) is 5.32 Å². The van der Waals surface area contributed by atoms with Gasteiger partial charge in [0.25, 0.3) is 0 Å². The highest BCUT2D eigenvalue weighted by molar-refractivity contribution is 5.92. The molecule has 1 saturated carbocycles. The van der Waals surface area contributed by atoms with Gasteiger partial charge in [-0.15, -0.1) is 0 Å². The first-order valence-corrected chi connectivity index (χ1v) is 10.2. The summed E-state index contributed by atoms with van der Waals surface area (Å²) in [7, 11) is 0. The second kappa shape index (κ2) is 9.51. The van der Waals surface area contributed by atoms with Crippen LogP contribution in [0.25, 0.3) is 6.08 Å². The molecule has 162 valence electrons. The number of hydrogen-bond acceptors (Lipinski definition) is 5. The van der Waals surface area contributed by atoms with Gasteiger partial charge >= 0.3 is 6.09 Å². The van der Waals surface area contributed by atoms with E-state index < -0.39 is 6.09 Å².